The molecule has 0 bridgehead atoms. The molecule has 1 aliphatic heterocycles. The Hall–Kier alpha value is -2.35. The Balaban J connectivity index is 1.73. The first kappa shape index (κ1) is 23.3. The Labute approximate surface area is 196 Å². The monoisotopic (exact) mass is 475 g/mol. The summed E-state index contributed by atoms with van der Waals surface area (Å²) in [5, 5.41) is 10.2. The highest BCUT2D eigenvalue weighted by molar-refractivity contribution is 8.26. The number of carboxylic acid groups (broad SMARTS) is 1. The number of benzene rings is 2. The van der Waals surface area contributed by atoms with Gasteiger partial charge in [0.25, 0.3) is 5.91 Å². The van der Waals surface area contributed by atoms with E-state index in [1.54, 1.807) is 6.08 Å². The van der Waals surface area contributed by atoms with Crippen molar-refractivity contribution in [1.29, 1.82) is 0 Å². The van der Waals surface area contributed by atoms with E-state index in [4.69, 9.17) is 28.6 Å². The lowest BCUT2D eigenvalue weighted by molar-refractivity contribution is -0.145. The van der Waals surface area contributed by atoms with Crippen LogP contribution in [0.5, 0.6) is 5.75 Å². The van der Waals surface area contributed by atoms with Gasteiger partial charge in [0.05, 0.1) is 4.91 Å². The zero-order valence-electron chi connectivity index (χ0n) is 16.9. The number of carbonyl (C=O) groups excluding carboxylic acids is 1. The quantitative estimate of drug-likeness (QED) is 0.367. The molecule has 0 radical (unpaired) electrons. The van der Waals surface area contributed by atoms with Gasteiger partial charge >= 0.3 is 5.97 Å². The highest BCUT2D eigenvalue weighted by Gasteiger charge is 2.40. The van der Waals surface area contributed by atoms with Crippen molar-refractivity contribution >= 4 is 57.9 Å². The van der Waals surface area contributed by atoms with E-state index in [0.717, 1.165) is 29.3 Å². The summed E-state index contributed by atoms with van der Waals surface area (Å²) in [6.07, 6.45) is 3.64. The van der Waals surface area contributed by atoms with Crippen LogP contribution in [0.1, 0.15) is 37.3 Å². The van der Waals surface area contributed by atoms with Gasteiger partial charge < -0.3 is 9.84 Å². The van der Waals surface area contributed by atoms with Gasteiger partial charge in [-0.2, -0.15) is 0 Å². The van der Waals surface area contributed by atoms with E-state index in [1.165, 1.54) is 4.90 Å². The van der Waals surface area contributed by atoms with Gasteiger partial charge in [0.2, 0.25) is 0 Å². The SMILES string of the molecule is CCCCC(C(=O)O)N1C(=O)C(=Cc2cccc(OCc3ccc(Cl)cc3)c2)SC1=S. The Morgan fingerprint density at radius 3 is 2.71 bits per heavy atom. The summed E-state index contributed by atoms with van der Waals surface area (Å²) in [5.74, 6) is -0.750. The molecule has 1 unspecified atom stereocenters. The highest BCUT2D eigenvalue weighted by atomic mass is 35.5. The van der Waals surface area contributed by atoms with Gasteiger partial charge in [-0.05, 0) is 47.9 Å². The van der Waals surface area contributed by atoms with Crippen molar-refractivity contribution in [3.05, 3.63) is 69.6 Å². The molecular weight excluding hydrogens is 454 g/mol. The maximum Gasteiger partial charge on any atom is 0.326 e. The van der Waals surface area contributed by atoms with Crippen LogP contribution in [0.25, 0.3) is 6.08 Å². The largest absolute Gasteiger partial charge is 0.489 e. The lowest BCUT2D eigenvalue weighted by Crippen LogP contribution is -2.43. The van der Waals surface area contributed by atoms with Gasteiger partial charge in [-0.1, -0.05) is 79.6 Å². The predicted octanol–water partition coefficient (Wildman–Crippen LogP) is 5.76. The molecular formula is C23H22ClNO4S2. The number of nitrogens with zero attached hydrogens (tertiary/aromatic N) is 1. The van der Waals surface area contributed by atoms with Crippen LogP contribution in [0.15, 0.2) is 53.4 Å². The van der Waals surface area contributed by atoms with Gasteiger partial charge in [0, 0.05) is 5.02 Å². The van der Waals surface area contributed by atoms with E-state index in [0.29, 0.717) is 35.1 Å². The average Bonchev–Trinajstić information content (AvgIpc) is 3.01. The van der Waals surface area contributed by atoms with Crippen molar-refractivity contribution in [2.45, 2.75) is 38.8 Å². The minimum absolute atomic E-state index is 0.273. The molecule has 1 amide bonds. The summed E-state index contributed by atoms with van der Waals surface area (Å²) < 4.78 is 6.12. The average molecular weight is 476 g/mol. The summed E-state index contributed by atoms with van der Waals surface area (Å²) in [4.78, 5) is 26.2. The molecule has 5 nitrogen and oxygen atoms in total. The minimum atomic E-state index is -1.04. The van der Waals surface area contributed by atoms with E-state index < -0.39 is 12.0 Å². The number of hydrogen-bond donors (Lipinski definition) is 1. The van der Waals surface area contributed by atoms with Crippen LogP contribution in [0.4, 0.5) is 0 Å². The summed E-state index contributed by atoms with van der Waals surface area (Å²) in [6.45, 7) is 2.37. The molecule has 162 valence electrons. The molecule has 31 heavy (non-hydrogen) atoms. The van der Waals surface area contributed by atoms with Crippen molar-refractivity contribution in [3.8, 4) is 5.75 Å². The fourth-order valence-electron chi connectivity index (χ4n) is 3.10. The standard InChI is InChI=1S/C23H22ClNO4S2/c1-2-3-7-19(22(27)28)25-21(26)20(31-23(25)30)13-16-5-4-6-18(12-16)29-14-15-8-10-17(24)11-9-15/h4-6,8-13,19H,2-3,7,14H2,1H3,(H,27,28). The van der Waals surface area contributed by atoms with Crippen LogP contribution in [0.3, 0.4) is 0 Å². The first-order valence-corrected chi connectivity index (χ1v) is 11.5. The van der Waals surface area contributed by atoms with E-state index in [9.17, 15) is 14.7 Å². The van der Waals surface area contributed by atoms with Crippen LogP contribution < -0.4 is 4.74 Å². The fraction of sp³-hybridized carbons (Fsp3) is 0.261. The van der Waals surface area contributed by atoms with Crippen molar-refractivity contribution in [3.63, 3.8) is 0 Å². The third-order valence-corrected chi connectivity index (χ3v) is 6.31. The summed E-state index contributed by atoms with van der Waals surface area (Å²) in [7, 11) is 0. The van der Waals surface area contributed by atoms with E-state index in [-0.39, 0.29) is 10.2 Å². The van der Waals surface area contributed by atoms with Gasteiger partial charge in [-0.3, -0.25) is 9.69 Å². The van der Waals surface area contributed by atoms with Crippen LogP contribution in [-0.2, 0) is 16.2 Å². The molecule has 2 aromatic rings. The van der Waals surface area contributed by atoms with E-state index in [1.807, 2.05) is 55.5 Å². The Bertz CT molecular complexity index is 1010. The second-order valence-electron chi connectivity index (χ2n) is 7.04. The zero-order chi connectivity index (χ0) is 22.4. The molecule has 0 aromatic heterocycles. The zero-order valence-corrected chi connectivity index (χ0v) is 19.3. The lowest BCUT2D eigenvalue weighted by atomic mass is 10.1. The number of rotatable bonds is 9. The molecule has 3 rings (SSSR count). The molecule has 1 atom stereocenters. The molecule has 1 fully saturated rings. The molecule has 2 aromatic carbocycles. The van der Waals surface area contributed by atoms with Crippen LogP contribution in [0, 0.1) is 0 Å². The van der Waals surface area contributed by atoms with Crippen molar-refractivity contribution in [2.24, 2.45) is 0 Å². The maximum atomic E-state index is 12.9. The molecule has 0 spiro atoms. The highest BCUT2D eigenvalue weighted by Crippen LogP contribution is 2.35. The number of amides is 1. The number of thiocarbonyl (C=S) groups is 1. The first-order valence-electron chi connectivity index (χ1n) is 9.86. The van der Waals surface area contributed by atoms with Crippen molar-refractivity contribution < 1.29 is 19.4 Å². The Kier molecular flexibility index (Phi) is 8.12. The van der Waals surface area contributed by atoms with Crippen molar-refractivity contribution in [2.75, 3.05) is 0 Å². The van der Waals surface area contributed by atoms with Crippen molar-refractivity contribution in [1.82, 2.24) is 4.90 Å². The second kappa shape index (κ2) is 10.8. The predicted molar refractivity (Wildman–Crippen MR) is 128 cm³/mol. The fourth-order valence-corrected chi connectivity index (χ4v) is 4.58. The third-order valence-electron chi connectivity index (χ3n) is 4.73. The lowest BCUT2D eigenvalue weighted by Gasteiger charge is -2.22. The third kappa shape index (κ3) is 6.09. The molecule has 1 N–H and O–H groups in total. The Morgan fingerprint density at radius 1 is 1.29 bits per heavy atom. The summed E-state index contributed by atoms with van der Waals surface area (Å²) in [6, 6.07) is 13.8. The minimum Gasteiger partial charge on any atom is -0.489 e. The number of carboxylic acids is 1. The molecule has 0 aliphatic carbocycles. The van der Waals surface area contributed by atoms with Crippen LogP contribution >= 0.6 is 35.6 Å². The molecule has 1 heterocycles. The maximum absolute atomic E-state index is 12.9. The van der Waals surface area contributed by atoms with Gasteiger partial charge in [0.1, 0.15) is 22.7 Å². The van der Waals surface area contributed by atoms with Gasteiger partial charge in [0.15, 0.2) is 0 Å². The van der Waals surface area contributed by atoms with Crippen LogP contribution in [-0.4, -0.2) is 32.2 Å². The normalized spacial score (nSPS) is 16.1. The second-order valence-corrected chi connectivity index (χ2v) is 9.15. The molecule has 0 saturated carbocycles. The summed E-state index contributed by atoms with van der Waals surface area (Å²) >= 11 is 12.3. The number of hydrogen-bond acceptors (Lipinski definition) is 5. The van der Waals surface area contributed by atoms with Crippen LogP contribution in [0.2, 0.25) is 5.02 Å². The Morgan fingerprint density at radius 2 is 2.03 bits per heavy atom. The van der Waals surface area contributed by atoms with E-state index in [2.05, 4.69) is 0 Å². The molecule has 1 saturated heterocycles. The van der Waals surface area contributed by atoms with Gasteiger partial charge in [-0.15, -0.1) is 0 Å². The first-order chi connectivity index (χ1) is 14.9. The number of carbonyl (C=O) groups is 2. The van der Waals surface area contributed by atoms with E-state index >= 15 is 0 Å². The number of ether oxygens (including phenoxy) is 1. The summed E-state index contributed by atoms with van der Waals surface area (Å²) in [5.41, 5.74) is 1.76. The number of aliphatic carboxylic acids is 1. The number of halogens is 1. The number of thioether (sulfide) groups is 1. The topological polar surface area (TPSA) is 66.8 Å². The molecule has 8 heteroatoms. The molecule has 1 aliphatic rings. The number of unbranched alkanes of at least 4 members (excludes halogenated alkanes) is 1. The van der Waals surface area contributed by atoms with Gasteiger partial charge in [-0.25, -0.2) is 4.79 Å². The smallest absolute Gasteiger partial charge is 0.326 e.